The fourth-order valence-electron chi connectivity index (χ4n) is 7.53. The molecule has 0 aliphatic carbocycles. The van der Waals surface area contributed by atoms with Crippen LogP contribution in [-0.4, -0.2) is 47.0 Å². The summed E-state index contributed by atoms with van der Waals surface area (Å²) in [5.74, 6) is -0.599. The maximum atomic E-state index is 14.1. The summed E-state index contributed by atoms with van der Waals surface area (Å²) in [6.45, 7) is 6.41. The van der Waals surface area contributed by atoms with E-state index in [0.717, 1.165) is 54.2 Å². The first-order valence-electron chi connectivity index (χ1n) is 21.3. The Morgan fingerprint density at radius 1 is 0.559 bits per heavy atom. The standard InChI is InChI=1S/C28H25BrFNO4.C26H21BrFNO4/c1-4-34-28(32)20-6-5-7-22(15-20)31-18(2)8-11-25(31)23-16-21(29)10-13-26(23)35-17-19-9-12-27(33-3)24(30)14-19;1-16-6-9-23(29(16)20-5-3-4-18(13-20)26(30)31)21-14-19(27)8-11-24(21)33-15-17-7-10-25(32-2)22(28)12-17/h5-16H,4,17H2,1-3H3;3-14H,15H2,1-2H3,(H,30,31). The van der Waals surface area contributed by atoms with Crippen LogP contribution >= 0.6 is 31.9 Å². The Morgan fingerprint density at radius 3 is 1.43 bits per heavy atom. The fraction of sp³-hybridized carbons (Fsp3) is 0.148. The molecule has 8 aromatic rings. The van der Waals surface area contributed by atoms with Crippen molar-refractivity contribution in [3.05, 3.63) is 200 Å². The van der Waals surface area contributed by atoms with Gasteiger partial charge in [0, 0.05) is 42.8 Å². The molecule has 0 spiro atoms. The average molecular weight is 1050 g/mol. The first-order valence-corrected chi connectivity index (χ1v) is 22.8. The smallest absolute Gasteiger partial charge is 0.338 e. The fourth-order valence-corrected chi connectivity index (χ4v) is 8.25. The number of methoxy groups -OCH3 is 2. The summed E-state index contributed by atoms with van der Waals surface area (Å²) in [4.78, 5) is 23.8. The molecule has 8 rings (SSSR count). The zero-order valence-corrected chi connectivity index (χ0v) is 40.9. The van der Waals surface area contributed by atoms with Crippen LogP contribution in [0.4, 0.5) is 8.78 Å². The molecule has 0 fully saturated rings. The lowest BCUT2D eigenvalue weighted by atomic mass is 10.1. The van der Waals surface area contributed by atoms with Crippen molar-refractivity contribution in [2.75, 3.05) is 20.8 Å². The van der Waals surface area contributed by atoms with E-state index >= 15 is 0 Å². The number of aromatic carboxylic acids is 1. The van der Waals surface area contributed by atoms with Crippen LogP contribution in [0.15, 0.2) is 155 Å². The number of rotatable bonds is 15. The first kappa shape index (κ1) is 48.8. The summed E-state index contributed by atoms with van der Waals surface area (Å²) in [7, 11) is 2.86. The minimum Gasteiger partial charge on any atom is -0.494 e. The molecule has 6 aromatic carbocycles. The average Bonchev–Trinajstić information content (AvgIpc) is 3.92. The lowest BCUT2D eigenvalue weighted by Crippen LogP contribution is -2.07. The van der Waals surface area contributed by atoms with Gasteiger partial charge in [-0.25, -0.2) is 18.4 Å². The highest BCUT2D eigenvalue weighted by Gasteiger charge is 2.19. The molecule has 0 bridgehead atoms. The molecule has 68 heavy (non-hydrogen) atoms. The minimum atomic E-state index is -0.985. The topological polar surface area (TPSA) is 110 Å². The third kappa shape index (κ3) is 11.3. The highest BCUT2D eigenvalue weighted by atomic mass is 79.9. The van der Waals surface area contributed by atoms with Crippen LogP contribution in [0.1, 0.15) is 50.2 Å². The molecular formula is C54H46Br2F2N2O8. The molecule has 0 unspecified atom stereocenters. The van der Waals surface area contributed by atoms with Crippen molar-refractivity contribution in [2.24, 2.45) is 0 Å². The number of nitrogens with zero attached hydrogens (tertiary/aromatic N) is 2. The first-order chi connectivity index (χ1) is 32.8. The Kier molecular flexibility index (Phi) is 15.8. The molecule has 14 heteroatoms. The van der Waals surface area contributed by atoms with Gasteiger partial charge in [0.2, 0.25) is 0 Å². The molecule has 0 atom stereocenters. The van der Waals surface area contributed by atoms with Crippen molar-refractivity contribution in [1.82, 2.24) is 9.13 Å². The van der Waals surface area contributed by atoms with Gasteiger partial charge in [-0.1, -0.05) is 56.1 Å². The number of carboxylic acids is 1. The zero-order valence-electron chi connectivity index (χ0n) is 37.7. The minimum absolute atomic E-state index is 0.170. The van der Waals surface area contributed by atoms with E-state index < -0.39 is 17.6 Å². The lowest BCUT2D eigenvalue weighted by molar-refractivity contribution is 0.0525. The van der Waals surface area contributed by atoms with Gasteiger partial charge in [-0.3, -0.25) is 0 Å². The molecule has 0 radical (unpaired) electrons. The van der Waals surface area contributed by atoms with Gasteiger partial charge < -0.3 is 37.9 Å². The van der Waals surface area contributed by atoms with Gasteiger partial charge in [-0.15, -0.1) is 0 Å². The molecule has 2 heterocycles. The van der Waals surface area contributed by atoms with Crippen molar-refractivity contribution in [1.29, 1.82) is 0 Å². The number of hydrogen-bond donors (Lipinski definition) is 1. The van der Waals surface area contributed by atoms with Gasteiger partial charge in [-0.2, -0.15) is 0 Å². The molecule has 0 saturated carbocycles. The predicted octanol–water partition coefficient (Wildman–Crippen LogP) is 13.8. The largest absolute Gasteiger partial charge is 0.494 e. The normalized spacial score (nSPS) is 10.8. The maximum Gasteiger partial charge on any atom is 0.338 e. The van der Waals surface area contributed by atoms with Crippen LogP contribution in [0.5, 0.6) is 23.0 Å². The molecule has 348 valence electrons. The molecule has 0 saturated heterocycles. The second kappa shape index (κ2) is 22.1. The van der Waals surface area contributed by atoms with E-state index in [1.165, 1.54) is 26.4 Å². The summed E-state index contributed by atoms with van der Waals surface area (Å²) in [6.07, 6.45) is 0. The van der Waals surface area contributed by atoms with E-state index in [-0.39, 0.29) is 36.2 Å². The number of hydrogen-bond acceptors (Lipinski definition) is 7. The highest BCUT2D eigenvalue weighted by Crippen LogP contribution is 2.38. The Labute approximate surface area is 409 Å². The maximum absolute atomic E-state index is 14.1. The Hall–Kier alpha value is -7.16. The third-order valence-corrected chi connectivity index (χ3v) is 11.8. The number of benzene rings is 6. The second-order valence-electron chi connectivity index (χ2n) is 15.3. The monoisotopic (exact) mass is 1050 g/mol. The van der Waals surface area contributed by atoms with E-state index in [1.54, 1.807) is 55.5 Å². The van der Waals surface area contributed by atoms with E-state index in [4.69, 9.17) is 23.7 Å². The molecule has 2 aromatic heterocycles. The van der Waals surface area contributed by atoms with Crippen LogP contribution in [0.3, 0.4) is 0 Å². The van der Waals surface area contributed by atoms with Crippen molar-refractivity contribution < 1.29 is 47.2 Å². The Bertz CT molecular complexity index is 3110. The summed E-state index contributed by atoms with van der Waals surface area (Å²) >= 11 is 7.09. The molecule has 0 amide bonds. The Balaban J connectivity index is 0.000000202. The summed E-state index contributed by atoms with van der Waals surface area (Å²) in [6, 6.07) is 42.9. The van der Waals surface area contributed by atoms with E-state index in [2.05, 4.69) is 36.4 Å². The number of halogens is 4. The van der Waals surface area contributed by atoms with Crippen LogP contribution in [0.2, 0.25) is 0 Å². The number of carbonyl (C=O) groups is 2. The van der Waals surface area contributed by atoms with Crippen molar-refractivity contribution in [2.45, 2.75) is 34.0 Å². The zero-order chi connectivity index (χ0) is 48.5. The van der Waals surface area contributed by atoms with Crippen LogP contribution in [-0.2, 0) is 18.0 Å². The van der Waals surface area contributed by atoms with Gasteiger partial charge in [0.05, 0.1) is 43.3 Å². The number of esters is 1. The van der Waals surface area contributed by atoms with Gasteiger partial charge in [0.15, 0.2) is 23.1 Å². The molecule has 0 aliphatic heterocycles. The third-order valence-electron chi connectivity index (χ3n) is 10.8. The van der Waals surface area contributed by atoms with Gasteiger partial charge in [-0.05, 0) is 153 Å². The van der Waals surface area contributed by atoms with E-state index in [1.807, 2.05) is 103 Å². The predicted molar refractivity (Wildman–Crippen MR) is 265 cm³/mol. The number of aromatic nitrogens is 2. The summed E-state index contributed by atoms with van der Waals surface area (Å²) < 4.78 is 61.4. The number of aryl methyl sites for hydroxylation is 2. The molecule has 1 N–H and O–H groups in total. The van der Waals surface area contributed by atoms with E-state index in [0.29, 0.717) is 34.8 Å². The Morgan fingerprint density at radius 2 is 1.00 bits per heavy atom. The van der Waals surface area contributed by atoms with E-state index in [9.17, 15) is 23.5 Å². The van der Waals surface area contributed by atoms with Crippen molar-refractivity contribution >= 4 is 43.8 Å². The number of carboxylic acid groups (broad SMARTS) is 1. The second-order valence-corrected chi connectivity index (χ2v) is 17.1. The van der Waals surface area contributed by atoms with Gasteiger partial charge in [0.25, 0.3) is 0 Å². The van der Waals surface area contributed by atoms with Crippen LogP contribution in [0.25, 0.3) is 33.9 Å². The van der Waals surface area contributed by atoms with Crippen molar-refractivity contribution in [3.63, 3.8) is 0 Å². The van der Waals surface area contributed by atoms with Crippen molar-refractivity contribution in [3.8, 4) is 56.9 Å². The summed E-state index contributed by atoms with van der Waals surface area (Å²) in [5.41, 5.74) is 8.93. The lowest BCUT2D eigenvalue weighted by Gasteiger charge is -2.17. The van der Waals surface area contributed by atoms with Crippen LogP contribution in [0, 0.1) is 25.5 Å². The summed E-state index contributed by atoms with van der Waals surface area (Å²) in [5, 5.41) is 9.40. The van der Waals surface area contributed by atoms with Gasteiger partial charge in [0.1, 0.15) is 24.7 Å². The molecular weight excluding hydrogens is 1000 g/mol. The quantitative estimate of drug-likeness (QED) is 0.101. The SMILES string of the molecule is CCOC(=O)c1cccc(-n2c(C)ccc2-c2cc(Br)ccc2OCc2ccc(OC)c(F)c2)c1.COc1ccc(COc2ccc(Br)cc2-c2ccc(C)n2-c2cccc(C(=O)O)c2)cc1F. The molecule has 0 aliphatic rings. The van der Waals surface area contributed by atoms with Crippen LogP contribution < -0.4 is 18.9 Å². The number of ether oxygens (including phenoxy) is 5. The number of carbonyl (C=O) groups excluding carboxylic acids is 1. The highest BCUT2D eigenvalue weighted by molar-refractivity contribution is 9.10. The van der Waals surface area contributed by atoms with Gasteiger partial charge >= 0.3 is 11.9 Å². The molecule has 10 nitrogen and oxygen atoms in total.